The van der Waals surface area contributed by atoms with Gasteiger partial charge in [-0.2, -0.15) is 0 Å². The van der Waals surface area contributed by atoms with Crippen LogP contribution in [0.15, 0.2) is 18.2 Å². The average Bonchev–Trinajstić information content (AvgIpc) is 3.07. The Kier molecular flexibility index (Phi) is 5.75. The van der Waals surface area contributed by atoms with Crippen LogP contribution in [0.4, 0.5) is 5.69 Å². The molecule has 0 aromatic heterocycles. The number of hydrogen-bond acceptors (Lipinski definition) is 5. The van der Waals surface area contributed by atoms with Crippen molar-refractivity contribution in [2.24, 2.45) is 0 Å². The lowest BCUT2D eigenvalue weighted by Crippen LogP contribution is -2.44. The normalized spacial score (nSPS) is 19.8. The smallest absolute Gasteiger partial charge is 0.241 e. The van der Waals surface area contributed by atoms with Crippen LogP contribution in [-0.4, -0.2) is 49.2 Å². The van der Waals surface area contributed by atoms with Crippen LogP contribution in [0.5, 0.6) is 11.5 Å². The van der Waals surface area contributed by atoms with Gasteiger partial charge in [0, 0.05) is 31.3 Å². The first kappa shape index (κ1) is 17.5. The first-order chi connectivity index (χ1) is 12.1. The number of ether oxygens (including phenoxy) is 2. The predicted octanol–water partition coefficient (Wildman–Crippen LogP) is 1.73. The molecule has 2 aliphatic heterocycles. The van der Waals surface area contributed by atoms with E-state index in [4.69, 9.17) is 9.47 Å². The molecule has 2 amide bonds. The third-order valence-electron chi connectivity index (χ3n) is 4.64. The highest BCUT2D eigenvalue weighted by Gasteiger charge is 2.23. The second-order valence-electron chi connectivity index (χ2n) is 6.43. The van der Waals surface area contributed by atoms with E-state index in [1.54, 1.807) is 18.2 Å². The average molecular weight is 347 g/mol. The monoisotopic (exact) mass is 347 g/mol. The van der Waals surface area contributed by atoms with Gasteiger partial charge in [0.05, 0.1) is 6.04 Å². The highest BCUT2D eigenvalue weighted by atomic mass is 16.7. The summed E-state index contributed by atoms with van der Waals surface area (Å²) in [4.78, 5) is 26.5. The van der Waals surface area contributed by atoms with Gasteiger partial charge in [0.15, 0.2) is 11.5 Å². The van der Waals surface area contributed by atoms with Crippen LogP contribution in [0, 0.1) is 0 Å². The molecule has 7 heteroatoms. The molecule has 7 nitrogen and oxygen atoms in total. The van der Waals surface area contributed by atoms with Crippen LogP contribution in [-0.2, 0) is 9.59 Å². The van der Waals surface area contributed by atoms with Gasteiger partial charge in [-0.15, -0.1) is 0 Å². The number of benzene rings is 1. The molecule has 1 saturated heterocycles. The number of nitrogens with zero attached hydrogens (tertiary/aromatic N) is 1. The van der Waals surface area contributed by atoms with Gasteiger partial charge < -0.3 is 20.1 Å². The maximum Gasteiger partial charge on any atom is 0.241 e. The van der Waals surface area contributed by atoms with E-state index in [0.717, 1.165) is 32.4 Å². The quantitative estimate of drug-likeness (QED) is 0.871. The highest BCUT2D eigenvalue weighted by Crippen LogP contribution is 2.34. The third kappa shape index (κ3) is 4.63. The molecule has 1 aromatic carbocycles. The molecule has 1 fully saturated rings. The van der Waals surface area contributed by atoms with E-state index in [0.29, 0.717) is 30.2 Å². The fourth-order valence-corrected chi connectivity index (χ4v) is 3.06. The van der Waals surface area contributed by atoms with E-state index < -0.39 is 0 Å². The largest absolute Gasteiger partial charge is 0.454 e. The Labute approximate surface area is 147 Å². The van der Waals surface area contributed by atoms with Crippen LogP contribution in [0.3, 0.4) is 0 Å². The zero-order valence-electron chi connectivity index (χ0n) is 14.5. The molecule has 0 aliphatic carbocycles. The zero-order valence-corrected chi connectivity index (χ0v) is 14.5. The summed E-state index contributed by atoms with van der Waals surface area (Å²) >= 11 is 0. The van der Waals surface area contributed by atoms with Crippen molar-refractivity contribution < 1.29 is 19.1 Å². The van der Waals surface area contributed by atoms with Crippen molar-refractivity contribution in [1.29, 1.82) is 0 Å². The van der Waals surface area contributed by atoms with Crippen LogP contribution < -0.4 is 20.1 Å². The molecule has 1 atom stereocenters. The molecule has 0 spiro atoms. The number of carbonyl (C=O) groups excluding carboxylic acids is 2. The summed E-state index contributed by atoms with van der Waals surface area (Å²) in [7, 11) is 0. The minimum Gasteiger partial charge on any atom is -0.454 e. The van der Waals surface area contributed by atoms with E-state index in [-0.39, 0.29) is 24.6 Å². The van der Waals surface area contributed by atoms with E-state index in [9.17, 15) is 9.59 Å². The van der Waals surface area contributed by atoms with Crippen molar-refractivity contribution in [2.45, 2.75) is 38.6 Å². The number of amides is 2. The molecular formula is C18H25N3O4. The van der Waals surface area contributed by atoms with Crippen molar-refractivity contribution in [3.8, 4) is 11.5 Å². The minimum atomic E-state index is -0.308. The summed E-state index contributed by atoms with van der Waals surface area (Å²) in [6.07, 6.45) is 3.48. The second-order valence-corrected chi connectivity index (χ2v) is 6.43. The number of carbonyl (C=O) groups is 2. The SMILES string of the molecule is CC(C(=O)Nc1ccc2c(c1)OCO2)N1CCCCCNC(=O)CC1. The Bertz CT molecular complexity index is 635. The molecule has 0 bridgehead atoms. The molecule has 0 saturated carbocycles. The molecule has 2 N–H and O–H groups in total. The fourth-order valence-electron chi connectivity index (χ4n) is 3.06. The molecule has 0 radical (unpaired) electrons. The first-order valence-electron chi connectivity index (χ1n) is 8.85. The summed E-state index contributed by atoms with van der Waals surface area (Å²) < 4.78 is 10.6. The van der Waals surface area contributed by atoms with Crippen molar-refractivity contribution in [2.75, 3.05) is 31.7 Å². The Morgan fingerprint density at radius 3 is 2.92 bits per heavy atom. The van der Waals surface area contributed by atoms with Gasteiger partial charge in [-0.1, -0.05) is 6.42 Å². The van der Waals surface area contributed by atoms with Crippen molar-refractivity contribution in [3.63, 3.8) is 0 Å². The predicted molar refractivity (Wildman–Crippen MR) is 93.7 cm³/mol. The van der Waals surface area contributed by atoms with Crippen LogP contribution >= 0.6 is 0 Å². The summed E-state index contributed by atoms with van der Waals surface area (Å²) in [6, 6.07) is 5.05. The minimum absolute atomic E-state index is 0.0512. The molecule has 25 heavy (non-hydrogen) atoms. The Hall–Kier alpha value is -2.28. The van der Waals surface area contributed by atoms with Gasteiger partial charge in [0.25, 0.3) is 0 Å². The van der Waals surface area contributed by atoms with Crippen LogP contribution in [0.25, 0.3) is 0 Å². The molecule has 2 heterocycles. The molecular weight excluding hydrogens is 322 g/mol. The lowest BCUT2D eigenvalue weighted by molar-refractivity contribution is -0.124. The lowest BCUT2D eigenvalue weighted by Gasteiger charge is -2.28. The van der Waals surface area contributed by atoms with Gasteiger partial charge >= 0.3 is 0 Å². The highest BCUT2D eigenvalue weighted by molar-refractivity contribution is 5.94. The topological polar surface area (TPSA) is 79.9 Å². The van der Waals surface area contributed by atoms with E-state index in [1.807, 2.05) is 6.92 Å². The number of fused-ring (bicyclic) bond motifs is 1. The fraction of sp³-hybridized carbons (Fsp3) is 0.556. The summed E-state index contributed by atoms with van der Waals surface area (Å²) in [5.74, 6) is 1.29. The molecule has 3 rings (SSSR count). The van der Waals surface area contributed by atoms with E-state index in [1.165, 1.54) is 0 Å². The van der Waals surface area contributed by atoms with Crippen LogP contribution in [0.1, 0.15) is 32.6 Å². The molecule has 1 unspecified atom stereocenters. The maximum absolute atomic E-state index is 12.6. The Morgan fingerprint density at radius 2 is 2.04 bits per heavy atom. The lowest BCUT2D eigenvalue weighted by atomic mass is 10.1. The third-order valence-corrected chi connectivity index (χ3v) is 4.64. The zero-order chi connectivity index (χ0) is 17.6. The number of nitrogens with one attached hydrogen (secondary N) is 2. The Balaban J connectivity index is 1.60. The standard InChI is InChI=1S/C18H25N3O4/c1-13(21-9-4-2-3-8-19-17(22)7-10-21)18(23)20-14-5-6-15-16(11-14)25-12-24-15/h5-6,11,13H,2-4,7-10,12H2,1H3,(H,19,22)(H,20,23). The molecule has 1 aromatic rings. The number of hydrogen-bond donors (Lipinski definition) is 2. The van der Waals surface area contributed by atoms with Gasteiger partial charge in [-0.25, -0.2) is 0 Å². The molecule has 2 aliphatic rings. The summed E-state index contributed by atoms with van der Waals surface area (Å²) in [6.45, 7) is 4.24. The van der Waals surface area contributed by atoms with Crippen molar-refractivity contribution >= 4 is 17.5 Å². The van der Waals surface area contributed by atoms with Gasteiger partial charge in [-0.05, 0) is 38.4 Å². The first-order valence-corrected chi connectivity index (χ1v) is 8.85. The van der Waals surface area contributed by atoms with Crippen molar-refractivity contribution in [3.05, 3.63) is 18.2 Å². The van der Waals surface area contributed by atoms with Gasteiger partial charge in [0.2, 0.25) is 18.6 Å². The van der Waals surface area contributed by atoms with E-state index in [2.05, 4.69) is 15.5 Å². The second kappa shape index (κ2) is 8.20. The van der Waals surface area contributed by atoms with Crippen molar-refractivity contribution in [1.82, 2.24) is 10.2 Å². The number of anilines is 1. The summed E-state index contributed by atoms with van der Waals surface area (Å²) in [5.41, 5.74) is 0.680. The maximum atomic E-state index is 12.6. The van der Waals surface area contributed by atoms with Crippen LogP contribution in [0.2, 0.25) is 0 Å². The van der Waals surface area contributed by atoms with E-state index >= 15 is 0 Å². The van der Waals surface area contributed by atoms with Gasteiger partial charge in [-0.3, -0.25) is 14.5 Å². The summed E-state index contributed by atoms with van der Waals surface area (Å²) in [5, 5.41) is 5.84. The van der Waals surface area contributed by atoms with Gasteiger partial charge in [0.1, 0.15) is 0 Å². The number of rotatable bonds is 3. The molecule has 136 valence electrons. The Morgan fingerprint density at radius 1 is 1.20 bits per heavy atom.